The second-order valence-corrected chi connectivity index (χ2v) is 4.69. The molecule has 0 spiro atoms. The zero-order valence-electron chi connectivity index (χ0n) is 12.5. The van der Waals surface area contributed by atoms with Crippen molar-refractivity contribution in [3.05, 3.63) is 59.9 Å². The van der Waals surface area contributed by atoms with Crippen molar-refractivity contribution >= 4 is 5.91 Å². The van der Waals surface area contributed by atoms with Crippen molar-refractivity contribution in [3.8, 4) is 5.75 Å². The third kappa shape index (κ3) is 3.81. The fraction of sp³-hybridized carbons (Fsp3) is 0.294. The summed E-state index contributed by atoms with van der Waals surface area (Å²) in [5, 5.41) is 0. The molecule has 0 radical (unpaired) electrons. The summed E-state index contributed by atoms with van der Waals surface area (Å²) in [7, 11) is 1.58. The Kier molecular flexibility index (Phi) is 5.32. The maximum Gasteiger partial charge on any atom is 0.257 e. The maximum absolute atomic E-state index is 12.6. The topological polar surface area (TPSA) is 42.4 Å². The molecule has 0 atom stereocenters. The lowest BCUT2D eigenvalue weighted by Crippen LogP contribution is -2.33. The van der Waals surface area contributed by atoms with Crippen molar-refractivity contribution in [1.82, 2.24) is 9.88 Å². The summed E-state index contributed by atoms with van der Waals surface area (Å²) in [4.78, 5) is 18.4. The predicted octanol–water partition coefficient (Wildman–Crippen LogP) is 2.80. The van der Waals surface area contributed by atoms with Gasteiger partial charge < -0.3 is 9.64 Å². The summed E-state index contributed by atoms with van der Waals surface area (Å²) >= 11 is 0. The van der Waals surface area contributed by atoms with Gasteiger partial charge in [-0.15, -0.1) is 0 Å². The molecule has 0 saturated carbocycles. The number of amides is 1. The van der Waals surface area contributed by atoms with Crippen LogP contribution in [0.5, 0.6) is 5.75 Å². The Balaban J connectivity index is 2.08. The molecular weight excluding hydrogens is 264 g/mol. The van der Waals surface area contributed by atoms with E-state index in [1.807, 2.05) is 42.2 Å². The van der Waals surface area contributed by atoms with E-state index in [4.69, 9.17) is 4.74 Å². The number of hydrogen-bond donors (Lipinski definition) is 0. The molecule has 2 rings (SSSR count). The highest BCUT2D eigenvalue weighted by Crippen LogP contribution is 2.19. The number of ether oxygens (including phenoxy) is 1. The first-order valence-electron chi connectivity index (χ1n) is 7.07. The average molecular weight is 284 g/mol. The number of carbonyl (C=O) groups is 1. The number of nitrogens with zero attached hydrogens (tertiary/aromatic N) is 2. The molecule has 0 aliphatic heterocycles. The normalized spacial score (nSPS) is 10.2. The minimum absolute atomic E-state index is 0.00371. The van der Waals surface area contributed by atoms with E-state index in [9.17, 15) is 4.79 Å². The minimum atomic E-state index is 0.00371. The average Bonchev–Trinajstić information content (AvgIpc) is 2.56. The lowest BCUT2D eigenvalue weighted by atomic mass is 10.1. The first-order chi connectivity index (χ1) is 10.3. The molecular formula is C17H20N2O2. The van der Waals surface area contributed by atoms with Crippen molar-refractivity contribution in [2.24, 2.45) is 0 Å². The van der Waals surface area contributed by atoms with Crippen LogP contribution in [0.4, 0.5) is 0 Å². The van der Waals surface area contributed by atoms with Gasteiger partial charge in [0.05, 0.1) is 12.7 Å². The van der Waals surface area contributed by atoms with Crippen molar-refractivity contribution in [2.45, 2.75) is 13.3 Å². The van der Waals surface area contributed by atoms with Crippen LogP contribution >= 0.6 is 0 Å². The van der Waals surface area contributed by atoms with Crippen molar-refractivity contribution in [2.75, 3.05) is 20.2 Å². The van der Waals surface area contributed by atoms with Crippen molar-refractivity contribution in [1.29, 1.82) is 0 Å². The van der Waals surface area contributed by atoms with E-state index in [0.29, 0.717) is 24.4 Å². The quantitative estimate of drug-likeness (QED) is 0.819. The summed E-state index contributed by atoms with van der Waals surface area (Å²) in [5.41, 5.74) is 1.79. The molecule has 0 aliphatic carbocycles. The molecule has 0 aliphatic rings. The molecule has 1 amide bonds. The van der Waals surface area contributed by atoms with Gasteiger partial charge in [0.1, 0.15) is 5.75 Å². The Hall–Kier alpha value is -2.36. The first kappa shape index (κ1) is 15.0. The van der Waals surface area contributed by atoms with Gasteiger partial charge in [-0.3, -0.25) is 9.78 Å². The number of aromatic nitrogens is 1. The molecule has 4 nitrogen and oxygen atoms in total. The standard InChI is InChI=1S/C17H20N2O2/c1-3-19(13-10-14-8-11-18-12-9-14)17(20)15-6-4-5-7-16(15)21-2/h4-9,11-12H,3,10,13H2,1-2H3. The van der Waals surface area contributed by atoms with E-state index < -0.39 is 0 Å². The molecule has 0 unspecified atom stereocenters. The summed E-state index contributed by atoms with van der Waals surface area (Å²) in [6.45, 7) is 3.33. The Morgan fingerprint density at radius 2 is 1.90 bits per heavy atom. The maximum atomic E-state index is 12.6. The fourth-order valence-electron chi connectivity index (χ4n) is 2.21. The summed E-state index contributed by atoms with van der Waals surface area (Å²) < 4.78 is 5.27. The highest BCUT2D eigenvalue weighted by atomic mass is 16.5. The number of rotatable bonds is 6. The van der Waals surface area contributed by atoms with Gasteiger partial charge in [-0.05, 0) is 43.2 Å². The van der Waals surface area contributed by atoms with Crippen LogP contribution in [0.2, 0.25) is 0 Å². The van der Waals surface area contributed by atoms with Crippen molar-refractivity contribution < 1.29 is 9.53 Å². The van der Waals surface area contributed by atoms with E-state index >= 15 is 0 Å². The van der Waals surface area contributed by atoms with Gasteiger partial charge in [-0.2, -0.15) is 0 Å². The smallest absolute Gasteiger partial charge is 0.257 e. The number of hydrogen-bond acceptors (Lipinski definition) is 3. The molecule has 0 saturated heterocycles. The van der Waals surface area contributed by atoms with Crippen LogP contribution in [0.3, 0.4) is 0 Å². The Morgan fingerprint density at radius 1 is 1.19 bits per heavy atom. The van der Waals surface area contributed by atoms with Gasteiger partial charge >= 0.3 is 0 Å². The molecule has 0 N–H and O–H groups in total. The van der Waals surface area contributed by atoms with Crippen LogP contribution in [0.15, 0.2) is 48.8 Å². The number of likely N-dealkylation sites (N-methyl/N-ethyl adjacent to an activating group) is 1. The molecule has 1 aromatic heterocycles. The van der Waals surface area contributed by atoms with Crippen LogP contribution < -0.4 is 4.74 Å². The highest BCUT2D eigenvalue weighted by Gasteiger charge is 2.17. The number of benzene rings is 1. The lowest BCUT2D eigenvalue weighted by molar-refractivity contribution is 0.0763. The first-order valence-corrected chi connectivity index (χ1v) is 7.07. The summed E-state index contributed by atoms with van der Waals surface area (Å²) in [5.74, 6) is 0.619. The Labute approximate surface area is 125 Å². The summed E-state index contributed by atoms with van der Waals surface area (Å²) in [6.07, 6.45) is 4.36. The molecule has 4 heteroatoms. The number of methoxy groups -OCH3 is 1. The van der Waals surface area contributed by atoms with Gasteiger partial charge in [0.15, 0.2) is 0 Å². The highest BCUT2D eigenvalue weighted by molar-refractivity contribution is 5.96. The lowest BCUT2D eigenvalue weighted by Gasteiger charge is -2.22. The predicted molar refractivity (Wildman–Crippen MR) is 82.5 cm³/mol. The van der Waals surface area contributed by atoms with Crippen LogP contribution in [-0.2, 0) is 6.42 Å². The van der Waals surface area contributed by atoms with Gasteiger partial charge in [0, 0.05) is 25.5 Å². The monoisotopic (exact) mass is 284 g/mol. The van der Waals surface area contributed by atoms with Crippen LogP contribution in [0.25, 0.3) is 0 Å². The van der Waals surface area contributed by atoms with E-state index in [-0.39, 0.29) is 5.91 Å². The molecule has 1 heterocycles. The molecule has 110 valence electrons. The van der Waals surface area contributed by atoms with Gasteiger partial charge in [-0.25, -0.2) is 0 Å². The minimum Gasteiger partial charge on any atom is -0.496 e. The zero-order chi connectivity index (χ0) is 15.1. The second kappa shape index (κ2) is 7.43. The Bertz CT molecular complexity index is 584. The third-order valence-corrected chi connectivity index (χ3v) is 3.43. The van der Waals surface area contributed by atoms with Crippen molar-refractivity contribution in [3.63, 3.8) is 0 Å². The van der Waals surface area contributed by atoms with Crippen LogP contribution in [0, 0.1) is 0 Å². The van der Waals surface area contributed by atoms with Gasteiger partial charge in [-0.1, -0.05) is 12.1 Å². The molecule has 2 aromatic rings. The number of carbonyl (C=O) groups excluding carboxylic acids is 1. The van der Waals surface area contributed by atoms with E-state index in [1.165, 1.54) is 5.56 Å². The number of para-hydroxylation sites is 1. The van der Waals surface area contributed by atoms with Crippen LogP contribution in [-0.4, -0.2) is 36.0 Å². The number of pyridine rings is 1. The molecule has 1 aromatic carbocycles. The Morgan fingerprint density at radius 3 is 2.57 bits per heavy atom. The molecule has 0 bridgehead atoms. The van der Waals surface area contributed by atoms with E-state index in [0.717, 1.165) is 6.42 Å². The van der Waals surface area contributed by atoms with Gasteiger partial charge in [0.2, 0.25) is 0 Å². The van der Waals surface area contributed by atoms with E-state index in [2.05, 4.69) is 4.98 Å². The largest absolute Gasteiger partial charge is 0.496 e. The second-order valence-electron chi connectivity index (χ2n) is 4.69. The third-order valence-electron chi connectivity index (χ3n) is 3.43. The van der Waals surface area contributed by atoms with E-state index in [1.54, 1.807) is 25.6 Å². The zero-order valence-corrected chi connectivity index (χ0v) is 12.5. The SMILES string of the molecule is CCN(CCc1ccncc1)C(=O)c1ccccc1OC. The van der Waals surface area contributed by atoms with Gasteiger partial charge in [0.25, 0.3) is 5.91 Å². The fourth-order valence-corrected chi connectivity index (χ4v) is 2.21. The summed E-state index contributed by atoms with van der Waals surface area (Å²) in [6, 6.07) is 11.3. The molecule has 0 fully saturated rings. The molecule has 21 heavy (non-hydrogen) atoms. The van der Waals surface area contributed by atoms with Crippen LogP contribution in [0.1, 0.15) is 22.8 Å².